The van der Waals surface area contributed by atoms with Crippen molar-refractivity contribution in [3.05, 3.63) is 0 Å². The number of ether oxygens (including phenoxy) is 18. The first kappa shape index (κ1) is 82.1. The summed E-state index contributed by atoms with van der Waals surface area (Å²) in [6.45, 7) is 8.15. The lowest BCUT2D eigenvalue weighted by Gasteiger charge is -2.40. The monoisotopic (exact) mass is 1340 g/mol. The molecule has 0 aromatic carbocycles. The molecule has 15 unspecified atom stereocenters. The van der Waals surface area contributed by atoms with Gasteiger partial charge in [0.2, 0.25) is 17.7 Å². The first-order valence-electron chi connectivity index (χ1n) is 30.6. The highest BCUT2D eigenvalue weighted by Crippen LogP contribution is 2.24. The van der Waals surface area contributed by atoms with Crippen molar-refractivity contribution in [2.45, 2.75) is 139 Å². The molecule has 3 aliphatic heterocycles. The van der Waals surface area contributed by atoms with Crippen LogP contribution in [0.15, 0.2) is 0 Å². The fraction of sp³-hybridized carbons (Fsp3) is 0.893. The summed E-state index contributed by atoms with van der Waals surface area (Å²) in [5.41, 5.74) is 17.0. The van der Waals surface area contributed by atoms with Crippen molar-refractivity contribution >= 4 is 35.6 Å². The van der Waals surface area contributed by atoms with Gasteiger partial charge < -0.3 is 149 Å². The number of rotatable bonds is 51. The quantitative estimate of drug-likeness (QED) is 0.0153. The van der Waals surface area contributed by atoms with Crippen LogP contribution in [0.3, 0.4) is 0 Å². The van der Waals surface area contributed by atoms with E-state index in [1.54, 1.807) is 0 Å². The topological polar surface area (TPSA) is 504 Å². The zero-order valence-corrected chi connectivity index (χ0v) is 53.1. The van der Waals surface area contributed by atoms with Gasteiger partial charge in [-0.05, 0) is 0 Å². The van der Waals surface area contributed by atoms with Gasteiger partial charge in [-0.25, -0.2) is 0 Å². The molecule has 536 valence electrons. The van der Waals surface area contributed by atoms with Crippen LogP contribution >= 0.6 is 0 Å². The van der Waals surface area contributed by atoms with E-state index < -0.39 is 115 Å². The molecule has 0 aromatic heterocycles. The highest BCUT2D eigenvalue weighted by molar-refractivity contribution is 5.76. The van der Waals surface area contributed by atoms with E-state index in [9.17, 15) is 59.4 Å². The molecule has 0 aromatic rings. The van der Waals surface area contributed by atoms with E-state index >= 15 is 0 Å². The van der Waals surface area contributed by atoms with Crippen LogP contribution in [0, 0.1) is 5.41 Å². The summed E-state index contributed by atoms with van der Waals surface area (Å²) in [5.74, 6) is -2.58. The van der Waals surface area contributed by atoms with Crippen LogP contribution < -0.4 is 33.2 Å². The summed E-state index contributed by atoms with van der Waals surface area (Å²) in [7, 11) is 0. The number of hydrogen-bond acceptors (Lipinski definition) is 33. The second kappa shape index (κ2) is 47.7. The summed E-state index contributed by atoms with van der Waals surface area (Å²) in [6.07, 6.45) is -14.4. The molecule has 0 aliphatic carbocycles. The predicted octanol–water partition coefficient (Wildman–Crippen LogP) is -7.28. The number of nitrogens with one attached hydrogen (secondary N) is 3. The van der Waals surface area contributed by atoms with Gasteiger partial charge in [0.05, 0.1) is 157 Å². The third kappa shape index (κ3) is 34.5. The number of hydrogen-bond donors (Lipinski definition) is 12. The molecule has 0 saturated carbocycles. The molecule has 15 atom stereocenters. The summed E-state index contributed by atoms with van der Waals surface area (Å²) in [6, 6.07) is -3.15. The Labute approximate surface area is 534 Å². The van der Waals surface area contributed by atoms with Crippen molar-refractivity contribution in [2.24, 2.45) is 22.6 Å². The highest BCUT2D eigenvalue weighted by atomic mass is 16.7. The Morgan fingerprint density at radius 3 is 0.848 bits per heavy atom. The second-order valence-corrected chi connectivity index (χ2v) is 21.8. The first-order chi connectivity index (χ1) is 44.0. The van der Waals surface area contributed by atoms with E-state index in [0.29, 0.717) is 0 Å². The number of carbonyl (C=O) groups is 6. The SMILES string of the molecule is CC(=O)OCC1OC(OCCOCCOCCNC(=O)CCOCC(C)(COCCC(=O)NCCOCCOCCOC2OC(COC(C)=O)C(O)C(O)C2N)COCCC(=O)NCCOCCOCCOC2OC(COC(C)=O)C(O)C(O)C2N)C(N)C(O)C1O. The molecular formula is C56H102N6O30. The van der Waals surface area contributed by atoms with Gasteiger partial charge in [0.25, 0.3) is 0 Å². The number of amides is 3. The van der Waals surface area contributed by atoms with Crippen molar-refractivity contribution in [3.8, 4) is 0 Å². The van der Waals surface area contributed by atoms with Gasteiger partial charge in [0.1, 0.15) is 74.8 Å². The van der Waals surface area contributed by atoms with E-state index in [-0.39, 0.29) is 215 Å². The molecule has 3 amide bonds. The molecule has 36 heteroatoms. The summed E-state index contributed by atoms with van der Waals surface area (Å²) in [5, 5.41) is 69.6. The van der Waals surface area contributed by atoms with Crippen molar-refractivity contribution in [1.82, 2.24) is 16.0 Å². The largest absolute Gasteiger partial charge is 0.463 e. The Morgan fingerprint density at radius 2 is 0.598 bits per heavy atom. The lowest BCUT2D eigenvalue weighted by Crippen LogP contribution is -2.62. The fourth-order valence-electron chi connectivity index (χ4n) is 8.58. The molecular weight excluding hydrogens is 1240 g/mol. The molecule has 3 saturated heterocycles. The normalized spacial score (nSPS) is 27.2. The average molecular weight is 1340 g/mol. The smallest absolute Gasteiger partial charge is 0.302 e. The molecule has 0 spiro atoms. The highest BCUT2D eigenvalue weighted by Gasteiger charge is 2.46. The van der Waals surface area contributed by atoms with Crippen molar-refractivity contribution < 1.29 is 145 Å². The van der Waals surface area contributed by atoms with E-state index in [1.165, 1.54) is 20.8 Å². The van der Waals surface area contributed by atoms with Crippen LogP contribution in [0.2, 0.25) is 0 Å². The minimum Gasteiger partial charge on any atom is -0.463 e. The van der Waals surface area contributed by atoms with Crippen LogP contribution in [0.1, 0.15) is 47.0 Å². The maximum Gasteiger partial charge on any atom is 0.302 e. The van der Waals surface area contributed by atoms with Crippen molar-refractivity contribution in [3.63, 3.8) is 0 Å². The van der Waals surface area contributed by atoms with E-state index in [1.807, 2.05) is 6.92 Å². The predicted molar refractivity (Wildman–Crippen MR) is 312 cm³/mol. The van der Waals surface area contributed by atoms with Crippen molar-refractivity contribution in [2.75, 3.05) is 178 Å². The minimum atomic E-state index is -1.37. The Hall–Kier alpha value is -4.14. The van der Waals surface area contributed by atoms with E-state index in [2.05, 4.69) is 16.0 Å². The molecule has 3 heterocycles. The minimum absolute atomic E-state index is 0.0368. The zero-order valence-electron chi connectivity index (χ0n) is 53.1. The molecule has 36 nitrogen and oxygen atoms in total. The number of esters is 3. The average Bonchev–Trinajstić information content (AvgIpc) is 0.981. The first-order valence-corrected chi connectivity index (χ1v) is 30.6. The molecule has 15 N–H and O–H groups in total. The van der Waals surface area contributed by atoms with Gasteiger partial charge >= 0.3 is 17.9 Å². The van der Waals surface area contributed by atoms with E-state index in [4.69, 9.17) is 102 Å². The van der Waals surface area contributed by atoms with Gasteiger partial charge in [-0.2, -0.15) is 0 Å². The third-order valence-electron chi connectivity index (χ3n) is 13.7. The number of aliphatic hydroxyl groups is 6. The van der Waals surface area contributed by atoms with Gasteiger partial charge in [-0.3, -0.25) is 28.8 Å². The summed E-state index contributed by atoms with van der Waals surface area (Å²) < 4.78 is 98.8. The maximum absolute atomic E-state index is 12.6. The second-order valence-electron chi connectivity index (χ2n) is 21.8. The van der Waals surface area contributed by atoms with Gasteiger partial charge in [0.15, 0.2) is 18.9 Å². The Kier molecular flexibility index (Phi) is 42.6. The van der Waals surface area contributed by atoms with Gasteiger partial charge in [-0.15, -0.1) is 0 Å². The molecule has 92 heavy (non-hydrogen) atoms. The standard InChI is InChI=1S/C56H102N6O30/c1-35(63)87-29-38-47(69)50(72)44(57)53(90-38)84-26-23-78-20-17-75-14-8-60-41(66)5-11-81-32-56(4,33-82-12-6-42(67)61-9-15-76-18-21-79-24-27-85-54-45(58)51(73)48(70)39(91-54)30-88-36(2)64)34-83-13-7-43(68)62-10-16-77-19-22-80-25-28-86-55-46(59)52(74)49(71)40(92-55)31-89-37(3)65/h38-40,44-55,69-74H,5-34,57-59H2,1-4H3,(H,60,66)(H,61,67)(H,62,68). The fourth-order valence-corrected chi connectivity index (χ4v) is 8.58. The molecule has 0 radical (unpaired) electrons. The van der Waals surface area contributed by atoms with Crippen LogP contribution in [-0.4, -0.2) is 336 Å². The Balaban J connectivity index is 1.29. The lowest BCUT2D eigenvalue weighted by molar-refractivity contribution is -0.268. The van der Waals surface area contributed by atoms with E-state index in [0.717, 1.165) is 0 Å². The van der Waals surface area contributed by atoms with Gasteiger partial charge in [-0.1, -0.05) is 6.92 Å². The van der Waals surface area contributed by atoms with Crippen molar-refractivity contribution in [1.29, 1.82) is 0 Å². The lowest BCUT2D eigenvalue weighted by atomic mass is 9.94. The summed E-state index contributed by atoms with van der Waals surface area (Å²) in [4.78, 5) is 71.3. The van der Waals surface area contributed by atoms with Gasteiger partial charge in [0, 0.05) is 65.1 Å². The molecule has 0 bridgehead atoms. The Bertz CT molecular complexity index is 1830. The molecule has 3 fully saturated rings. The third-order valence-corrected chi connectivity index (χ3v) is 13.7. The molecule has 3 rings (SSSR count). The number of aliphatic hydroxyl groups excluding tert-OH is 6. The van der Waals surface area contributed by atoms with Crippen LogP contribution in [0.4, 0.5) is 0 Å². The number of nitrogens with two attached hydrogens (primary N) is 3. The maximum atomic E-state index is 12.6. The summed E-state index contributed by atoms with van der Waals surface area (Å²) >= 11 is 0. The number of carbonyl (C=O) groups excluding carboxylic acids is 6. The Morgan fingerprint density at radius 1 is 0.359 bits per heavy atom. The van der Waals surface area contributed by atoms with Crippen LogP contribution in [-0.2, 0) is 114 Å². The van der Waals surface area contributed by atoms with Crippen LogP contribution in [0.5, 0.6) is 0 Å². The zero-order chi connectivity index (χ0) is 67.7. The van der Waals surface area contributed by atoms with Crippen LogP contribution in [0.25, 0.3) is 0 Å². The molecule has 3 aliphatic rings.